The van der Waals surface area contributed by atoms with Gasteiger partial charge in [-0.1, -0.05) is 25.8 Å². The molecule has 0 aromatic carbocycles. The Labute approximate surface area is 72.1 Å². The van der Waals surface area contributed by atoms with Gasteiger partial charge in [-0.25, -0.2) is 4.79 Å². The Balaban J connectivity index is 3.48. The molecular formula is C9H14O3. The van der Waals surface area contributed by atoms with E-state index in [0.29, 0.717) is 0 Å². The van der Waals surface area contributed by atoms with E-state index >= 15 is 0 Å². The van der Waals surface area contributed by atoms with Crippen LogP contribution in [-0.4, -0.2) is 16.9 Å². The lowest BCUT2D eigenvalue weighted by atomic mass is 10.2. The van der Waals surface area contributed by atoms with Gasteiger partial charge in [0, 0.05) is 0 Å². The van der Waals surface area contributed by atoms with Gasteiger partial charge in [0.1, 0.15) is 0 Å². The number of aliphatic carboxylic acids is 1. The largest absolute Gasteiger partial charge is 0.475 e. The molecule has 0 saturated heterocycles. The van der Waals surface area contributed by atoms with E-state index in [-0.39, 0.29) is 0 Å². The summed E-state index contributed by atoms with van der Waals surface area (Å²) in [6.45, 7) is 2.09. The van der Waals surface area contributed by atoms with Gasteiger partial charge in [-0.15, -0.1) is 0 Å². The number of carboxylic acid groups (broad SMARTS) is 1. The van der Waals surface area contributed by atoms with E-state index in [1.165, 1.54) is 0 Å². The van der Waals surface area contributed by atoms with E-state index in [4.69, 9.17) is 5.11 Å². The molecule has 0 aliphatic rings. The molecule has 0 aliphatic heterocycles. The summed E-state index contributed by atoms with van der Waals surface area (Å²) in [5, 5.41) is 8.18. The van der Waals surface area contributed by atoms with Gasteiger partial charge in [0.15, 0.2) is 0 Å². The second-order valence-corrected chi connectivity index (χ2v) is 2.57. The lowest BCUT2D eigenvalue weighted by molar-refractivity contribution is -0.146. The molecule has 0 aromatic rings. The van der Waals surface area contributed by atoms with Crippen LogP contribution in [-0.2, 0) is 9.59 Å². The molecule has 0 heterocycles. The number of rotatable bonds is 6. The van der Waals surface area contributed by atoms with Crippen molar-refractivity contribution in [2.45, 2.75) is 32.6 Å². The van der Waals surface area contributed by atoms with Gasteiger partial charge in [0.2, 0.25) is 0 Å². The Morgan fingerprint density at radius 3 is 2.50 bits per heavy atom. The van der Waals surface area contributed by atoms with Gasteiger partial charge in [0.05, 0.1) is 0 Å². The highest BCUT2D eigenvalue weighted by Gasteiger charge is 2.04. The van der Waals surface area contributed by atoms with Gasteiger partial charge in [-0.05, 0) is 18.9 Å². The average Bonchev–Trinajstić information content (AvgIpc) is 2.03. The van der Waals surface area contributed by atoms with Crippen LogP contribution in [0.1, 0.15) is 32.6 Å². The first-order valence-corrected chi connectivity index (χ1v) is 4.12. The molecule has 12 heavy (non-hydrogen) atoms. The second kappa shape index (κ2) is 6.58. The molecule has 0 rings (SSSR count). The second-order valence-electron chi connectivity index (χ2n) is 2.57. The molecule has 0 aliphatic carbocycles. The van der Waals surface area contributed by atoms with Crippen LogP contribution in [0.2, 0.25) is 0 Å². The third kappa shape index (κ3) is 5.65. The summed E-state index contributed by atoms with van der Waals surface area (Å²) >= 11 is 0. The van der Waals surface area contributed by atoms with Crippen molar-refractivity contribution in [2.24, 2.45) is 0 Å². The first-order chi connectivity index (χ1) is 5.68. The van der Waals surface area contributed by atoms with Crippen LogP contribution in [0.3, 0.4) is 0 Å². The quantitative estimate of drug-likeness (QED) is 0.375. The molecule has 1 N–H and O–H groups in total. The van der Waals surface area contributed by atoms with Crippen molar-refractivity contribution in [1.29, 1.82) is 0 Å². The molecule has 68 valence electrons. The van der Waals surface area contributed by atoms with E-state index in [1.54, 1.807) is 6.08 Å². The van der Waals surface area contributed by atoms with Crippen LogP contribution in [0.25, 0.3) is 0 Å². The number of ketones is 1. The minimum Gasteiger partial charge on any atom is -0.475 e. The van der Waals surface area contributed by atoms with E-state index in [2.05, 4.69) is 6.92 Å². The summed E-state index contributed by atoms with van der Waals surface area (Å²) in [6, 6.07) is 0. The van der Waals surface area contributed by atoms with E-state index < -0.39 is 11.8 Å². The molecule has 0 saturated carbocycles. The molecular weight excluding hydrogens is 156 g/mol. The lowest BCUT2D eigenvalue weighted by Crippen LogP contribution is -2.08. The summed E-state index contributed by atoms with van der Waals surface area (Å²) in [4.78, 5) is 20.5. The number of hydrogen-bond acceptors (Lipinski definition) is 2. The van der Waals surface area contributed by atoms with E-state index in [0.717, 1.165) is 31.8 Å². The zero-order valence-corrected chi connectivity index (χ0v) is 7.25. The van der Waals surface area contributed by atoms with Gasteiger partial charge in [-0.2, -0.15) is 0 Å². The Morgan fingerprint density at radius 2 is 2.00 bits per heavy atom. The fourth-order valence-electron chi connectivity index (χ4n) is 0.774. The summed E-state index contributed by atoms with van der Waals surface area (Å²) in [5.74, 6) is -2.23. The van der Waals surface area contributed by atoms with Crippen molar-refractivity contribution < 1.29 is 14.7 Å². The van der Waals surface area contributed by atoms with Crippen LogP contribution >= 0.6 is 0 Å². The van der Waals surface area contributed by atoms with Crippen LogP contribution in [0.15, 0.2) is 12.2 Å². The summed E-state index contributed by atoms with van der Waals surface area (Å²) in [6.07, 6.45) is 6.78. The fraction of sp³-hybridized carbons (Fsp3) is 0.556. The van der Waals surface area contributed by atoms with Gasteiger partial charge >= 0.3 is 5.97 Å². The van der Waals surface area contributed by atoms with Crippen molar-refractivity contribution in [3.63, 3.8) is 0 Å². The van der Waals surface area contributed by atoms with Crippen molar-refractivity contribution in [1.82, 2.24) is 0 Å². The maximum Gasteiger partial charge on any atom is 0.376 e. The predicted molar refractivity (Wildman–Crippen MR) is 45.9 cm³/mol. The van der Waals surface area contributed by atoms with Crippen molar-refractivity contribution in [2.75, 3.05) is 0 Å². The van der Waals surface area contributed by atoms with Crippen molar-refractivity contribution in [3.8, 4) is 0 Å². The van der Waals surface area contributed by atoms with E-state index in [9.17, 15) is 9.59 Å². The minimum atomic E-state index is -1.39. The molecule has 0 bridgehead atoms. The first-order valence-electron chi connectivity index (χ1n) is 4.12. The Bertz CT molecular complexity index is 182. The normalized spacial score (nSPS) is 10.4. The smallest absolute Gasteiger partial charge is 0.376 e. The molecule has 3 nitrogen and oxygen atoms in total. The van der Waals surface area contributed by atoms with Crippen LogP contribution in [0.4, 0.5) is 0 Å². The highest BCUT2D eigenvalue weighted by atomic mass is 16.4. The Morgan fingerprint density at radius 1 is 1.33 bits per heavy atom. The van der Waals surface area contributed by atoms with Crippen LogP contribution < -0.4 is 0 Å². The zero-order valence-electron chi connectivity index (χ0n) is 7.25. The lowest BCUT2D eigenvalue weighted by Gasteiger charge is -1.90. The first kappa shape index (κ1) is 10.9. The third-order valence-electron chi connectivity index (χ3n) is 1.45. The fourth-order valence-corrected chi connectivity index (χ4v) is 0.774. The molecule has 0 atom stereocenters. The molecule has 0 fully saturated rings. The maximum atomic E-state index is 10.5. The van der Waals surface area contributed by atoms with Crippen LogP contribution in [0.5, 0.6) is 0 Å². The van der Waals surface area contributed by atoms with Crippen molar-refractivity contribution >= 4 is 11.8 Å². The Kier molecular flexibility index (Phi) is 5.97. The Hall–Kier alpha value is -1.12. The molecule has 0 aromatic heterocycles. The number of carbonyl (C=O) groups is 2. The SMILES string of the molecule is CCCCC/C=C/C(=O)C(=O)O. The van der Waals surface area contributed by atoms with Crippen LogP contribution in [0, 0.1) is 0 Å². The topological polar surface area (TPSA) is 54.4 Å². The summed E-state index contributed by atoms with van der Waals surface area (Å²) in [7, 11) is 0. The number of carbonyl (C=O) groups excluding carboxylic acids is 1. The highest BCUT2D eigenvalue weighted by molar-refractivity contribution is 6.37. The predicted octanol–water partition coefficient (Wildman–Crippen LogP) is 1.78. The van der Waals surface area contributed by atoms with Gasteiger partial charge < -0.3 is 5.11 Å². The summed E-state index contributed by atoms with van der Waals surface area (Å²) < 4.78 is 0. The standard InChI is InChI=1S/C9H14O3/c1-2-3-4-5-6-7-8(10)9(11)12/h6-7H,2-5H2,1H3,(H,11,12)/b7-6+. The number of unbranched alkanes of at least 4 members (excludes halogenated alkanes) is 3. The van der Waals surface area contributed by atoms with Crippen molar-refractivity contribution in [3.05, 3.63) is 12.2 Å². The molecule has 0 unspecified atom stereocenters. The number of hydrogen-bond donors (Lipinski definition) is 1. The average molecular weight is 170 g/mol. The number of allylic oxidation sites excluding steroid dienone is 1. The summed E-state index contributed by atoms with van der Waals surface area (Å²) in [5.41, 5.74) is 0. The highest BCUT2D eigenvalue weighted by Crippen LogP contribution is 1.99. The monoisotopic (exact) mass is 170 g/mol. The molecule has 0 amide bonds. The minimum absolute atomic E-state index is 0.785. The molecule has 3 heteroatoms. The van der Waals surface area contributed by atoms with Gasteiger partial charge in [-0.3, -0.25) is 4.79 Å². The maximum absolute atomic E-state index is 10.5. The molecule has 0 spiro atoms. The third-order valence-corrected chi connectivity index (χ3v) is 1.45. The van der Waals surface area contributed by atoms with E-state index in [1.807, 2.05) is 0 Å². The molecule has 0 radical (unpaired) electrons. The zero-order chi connectivity index (χ0) is 9.40. The number of carboxylic acids is 1. The van der Waals surface area contributed by atoms with Gasteiger partial charge in [0.25, 0.3) is 5.78 Å².